The molecule has 21 heavy (non-hydrogen) atoms. The number of likely N-dealkylation sites (N-methyl/N-ethyl adjacent to an activating group) is 1. The Kier molecular flexibility index (Phi) is 7.25. The number of nitrogens with zero attached hydrogens (tertiary/aromatic N) is 1. The van der Waals surface area contributed by atoms with Gasteiger partial charge in [0.25, 0.3) is 0 Å². The van der Waals surface area contributed by atoms with Gasteiger partial charge in [0, 0.05) is 12.6 Å². The topological polar surface area (TPSA) is 15.3 Å². The lowest BCUT2D eigenvalue weighted by molar-refractivity contribution is 0.283. The number of benzene rings is 1. The Morgan fingerprint density at radius 3 is 2.71 bits per heavy atom. The van der Waals surface area contributed by atoms with Gasteiger partial charge in [0.05, 0.1) is 0 Å². The molecular weight excluding hydrogens is 256 g/mol. The largest absolute Gasteiger partial charge is 0.314 e. The average Bonchev–Trinajstić information content (AvgIpc) is 2.97. The van der Waals surface area contributed by atoms with Gasteiger partial charge in [-0.25, -0.2) is 0 Å². The Balaban J connectivity index is 1.65. The molecule has 0 aliphatic heterocycles. The van der Waals surface area contributed by atoms with Crippen LogP contribution >= 0.6 is 0 Å². The number of nitrogens with one attached hydrogen (secondary N) is 1. The summed E-state index contributed by atoms with van der Waals surface area (Å²) in [5.41, 5.74) is 1.45. The first-order chi connectivity index (χ1) is 10.3. The fourth-order valence-corrected chi connectivity index (χ4v) is 3.44. The van der Waals surface area contributed by atoms with Gasteiger partial charge in [-0.3, -0.25) is 0 Å². The summed E-state index contributed by atoms with van der Waals surface area (Å²) in [4.78, 5) is 2.50. The van der Waals surface area contributed by atoms with Crippen LogP contribution in [0.3, 0.4) is 0 Å². The minimum absolute atomic E-state index is 0.785. The summed E-state index contributed by atoms with van der Waals surface area (Å²) in [5, 5.41) is 3.74. The van der Waals surface area contributed by atoms with Crippen molar-refractivity contribution in [2.45, 2.75) is 51.5 Å². The van der Waals surface area contributed by atoms with Crippen molar-refractivity contribution in [3.8, 4) is 0 Å². The summed E-state index contributed by atoms with van der Waals surface area (Å²) in [5.74, 6) is 0.899. The normalized spacial score (nSPS) is 22.0. The molecule has 118 valence electrons. The van der Waals surface area contributed by atoms with Crippen LogP contribution in [0.25, 0.3) is 0 Å². The monoisotopic (exact) mass is 288 g/mol. The van der Waals surface area contributed by atoms with E-state index in [1.807, 2.05) is 0 Å². The Morgan fingerprint density at radius 2 is 1.95 bits per heavy atom. The van der Waals surface area contributed by atoms with Crippen molar-refractivity contribution in [1.82, 2.24) is 10.2 Å². The van der Waals surface area contributed by atoms with E-state index in [1.165, 1.54) is 63.7 Å². The van der Waals surface area contributed by atoms with Crippen LogP contribution in [0.5, 0.6) is 0 Å². The van der Waals surface area contributed by atoms with E-state index in [4.69, 9.17) is 0 Å². The first-order valence-corrected chi connectivity index (χ1v) is 8.75. The average molecular weight is 288 g/mol. The Bertz CT molecular complexity index is 376. The first kappa shape index (κ1) is 16.5. The maximum absolute atomic E-state index is 3.74. The molecule has 2 heteroatoms. The van der Waals surface area contributed by atoms with Crippen LogP contribution in [-0.2, 0) is 6.42 Å². The Morgan fingerprint density at radius 1 is 1.14 bits per heavy atom. The summed E-state index contributed by atoms with van der Waals surface area (Å²) in [7, 11) is 2.27. The van der Waals surface area contributed by atoms with Crippen molar-refractivity contribution in [3.63, 3.8) is 0 Å². The second-order valence-corrected chi connectivity index (χ2v) is 6.58. The quantitative estimate of drug-likeness (QED) is 0.745. The van der Waals surface area contributed by atoms with Gasteiger partial charge >= 0.3 is 0 Å². The lowest BCUT2D eigenvalue weighted by Crippen LogP contribution is -2.35. The molecule has 0 aromatic heterocycles. The van der Waals surface area contributed by atoms with Crippen molar-refractivity contribution in [2.75, 3.05) is 26.7 Å². The standard InChI is InChI=1S/C19H32N2/c1-3-14-20-19-11-7-10-18(19)13-16-21(2)15-12-17-8-5-4-6-9-17/h4-6,8-9,18-20H,3,7,10-16H2,1-2H3. The zero-order chi connectivity index (χ0) is 14.9. The van der Waals surface area contributed by atoms with Gasteiger partial charge < -0.3 is 10.2 Å². The van der Waals surface area contributed by atoms with Crippen molar-refractivity contribution in [1.29, 1.82) is 0 Å². The van der Waals surface area contributed by atoms with E-state index in [0.717, 1.165) is 12.0 Å². The van der Waals surface area contributed by atoms with Gasteiger partial charge in [0.1, 0.15) is 0 Å². The summed E-state index contributed by atoms with van der Waals surface area (Å²) in [6.45, 7) is 5.85. The first-order valence-electron chi connectivity index (χ1n) is 8.75. The van der Waals surface area contributed by atoms with Crippen molar-refractivity contribution in [3.05, 3.63) is 35.9 Å². The van der Waals surface area contributed by atoms with E-state index in [0.29, 0.717) is 0 Å². The predicted molar refractivity (Wildman–Crippen MR) is 91.7 cm³/mol. The van der Waals surface area contributed by atoms with Crippen LogP contribution in [0.4, 0.5) is 0 Å². The van der Waals surface area contributed by atoms with Gasteiger partial charge in [0.2, 0.25) is 0 Å². The molecular formula is C19H32N2. The zero-order valence-corrected chi connectivity index (χ0v) is 13.9. The second-order valence-electron chi connectivity index (χ2n) is 6.58. The zero-order valence-electron chi connectivity index (χ0n) is 13.9. The van der Waals surface area contributed by atoms with E-state index < -0.39 is 0 Å². The minimum atomic E-state index is 0.785. The Hall–Kier alpha value is -0.860. The molecule has 0 heterocycles. The predicted octanol–water partition coefficient (Wildman–Crippen LogP) is 3.72. The maximum atomic E-state index is 3.74. The van der Waals surface area contributed by atoms with Crippen molar-refractivity contribution >= 4 is 0 Å². The van der Waals surface area contributed by atoms with Gasteiger partial charge in [-0.2, -0.15) is 0 Å². The van der Waals surface area contributed by atoms with Crippen LogP contribution in [0.15, 0.2) is 30.3 Å². The van der Waals surface area contributed by atoms with Gasteiger partial charge in [0.15, 0.2) is 0 Å². The highest BCUT2D eigenvalue weighted by Crippen LogP contribution is 2.28. The summed E-state index contributed by atoms with van der Waals surface area (Å²) in [6, 6.07) is 11.6. The number of hydrogen-bond donors (Lipinski definition) is 1. The fraction of sp³-hybridized carbons (Fsp3) is 0.684. The molecule has 1 fully saturated rings. The van der Waals surface area contributed by atoms with E-state index >= 15 is 0 Å². The minimum Gasteiger partial charge on any atom is -0.314 e. The number of hydrogen-bond acceptors (Lipinski definition) is 2. The van der Waals surface area contributed by atoms with Gasteiger partial charge in [-0.1, -0.05) is 43.7 Å². The van der Waals surface area contributed by atoms with E-state index in [2.05, 4.69) is 54.5 Å². The van der Waals surface area contributed by atoms with Gasteiger partial charge in [-0.05, 0) is 63.7 Å². The highest BCUT2D eigenvalue weighted by molar-refractivity contribution is 5.14. The van der Waals surface area contributed by atoms with E-state index in [1.54, 1.807) is 0 Å². The highest BCUT2D eigenvalue weighted by atomic mass is 15.1. The lowest BCUT2D eigenvalue weighted by atomic mass is 9.99. The molecule has 0 bridgehead atoms. The third-order valence-electron chi connectivity index (χ3n) is 4.82. The van der Waals surface area contributed by atoms with E-state index in [-0.39, 0.29) is 0 Å². The molecule has 2 rings (SSSR count). The smallest absolute Gasteiger partial charge is 0.00958 e. The second kappa shape index (κ2) is 9.22. The van der Waals surface area contributed by atoms with Crippen molar-refractivity contribution in [2.24, 2.45) is 5.92 Å². The lowest BCUT2D eigenvalue weighted by Gasteiger charge is -2.24. The molecule has 0 amide bonds. The molecule has 1 saturated carbocycles. The highest BCUT2D eigenvalue weighted by Gasteiger charge is 2.26. The van der Waals surface area contributed by atoms with Crippen LogP contribution < -0.4 is 5.32 Å². The van der Waals surface area contributed by atoms with E-state index in [9.17, 15) is 0 Å². The molecule has 0 saturated heterocycles. The third-order valence-corrected chi connectivity index (χ3v) is 4.82. The van der Waals surface area contributed by atoms with Crippen LogP contribution in [0, 0.1) is 5.92 Å². The van der Waals surface area contributed by atoms with Crippen LogP contribution in [0.2, 0.25) is 0 Å². The SMILES string of the molecule is CCCNC1CCCC1CCN(C)CCc1ccccc1. The molecule has 2 unspecified atom stereocenters. The molecule has 2 nitrogen and oxygen atoms in total. The van der Waals surface area contributed by atoms with Crippen molar-refractivity contribution < 1.29 is 0 Å². The summed E-state index contributed by atoms with van der Waals surface area (Å²) >= 11 is 0. The third kappa shape index (κ3) is 5.80. The molecule has 1 aromatic rings. The molecule has 1 aliphatic rings. The van der Waals surface area contributed by atoms with Crippen LogP contribution in [0.1, 0.15) is 44.6 Å². The van der Waals surface area contributed by atoms with Gasteiger partial charge in [-0.15, -0.1) is 0 Å². The molecule has 1 N–H and O–H groups in total. The molecule has 0 spiro atoms. The Labute approximate surface area is 130 Å². The molecule has 1 aliphatic carbocycles. The number of rotatable bonds is 9. The molecule has 0 radical (unpaired) electrons. The molecule has 1 aromatic carbocycles. The van der Waals surface area contributed by atoms with Crippen LogP contribution in [-0.4, -0.2) is 37.6 Å². The summed E-state index contributed by atoms with van der Waals surface area (Å²) in [6.07, 6.45) is 8.00. The maximum Gasteiger partial charge on any atom is 0.00958 e. The summed E-state index contributed by atoms with van der Waals surface area (Å²) < 4.78 is 0. The fourth-order valence-electron chi connectivity index (χ4n) is 3.44. The molecule has 2 atom stereocenters.